The molecule has 2 heterocycles. The number of unbranched alkanes of at least 4 members (excludes halogenated alkanes) is 1. The van der Waals surface area contributed by atoms with Crippen molar-refractivity contribution in [2.45, 2.75) is 45.0 Å². The second kappa shape index (κ2) is 11.3. The first-order valence-electron chi connectivity index (χ1n) is 12.9. The number of benzene rings is 2. The molecular weight excluding hydrogens is 525 g/mol. The highest BCUT2D eigenvalue weighted by Gasteiger charge is 2.31. The average Bonchev–Trinajstić information content (AvgIpc) is 3.65. The predicted octanol–water partition coefficient (Wildman–Crippen LogP) is 6.57. The largest absolute Gasteiger partial charge is 0.573 e. The van der Waals surface area contributed by atoms with E-state index in [1.807, 2.05) is 35.1 Å². The van der Waals surface area contributed by atoms with Crippen LogP contribution in [-0.2, 0) is 0 Å². The summed E-state index contributed by atoms with van der Waals surface area (Å²) in [5.41, 5.74) is 1.39. The lowest BCUT2D eigenvalue weighted by atomic mass is 10.0. The third-order valence-corrected chi connectivity index (χ3v) is 6.34. The summed E-state index contributed by atoms with van der Waals surface area (Å²) in [4.78, 5) is 29.4. The molecule has 5 rings (SSSR count). The van der Waals surface area contributed by atoms with Gasteiger partial charge in [-0.05, 0) is 85.5 Å². The minimum atomic E-state index is -4.83. The Morgan fingerprint density at radius 3 is 2.42 bits per heavy atom. The van der Waals surface area contributed by atoms with Crippen LogP contribution in [0.4, 0.5) is 18.9 Å². The van der Waals surface area contributed by atoms with Crippen LogP contribution >= 0.6 is 0 Å². The lowest BCUT2D eigenvalue weighted by Gasteiger charge is -2.12. The van der Waals surface area contributed by atoms with Crippen LogP contribution in [0.2, 0.25) is 0 Å². The highest BCUT2D eigenvalue weighted by molar-refractivity contribution is 6.08. The Kier molecular flexibility index (Phi) is 7.63. The van der Waals surface area contributed by atoms with Gasteiger partial charge in [-0.1, -0.05) is 13.3 Å². The number of alkyl halides is 3. The number of hydrogen-bond donors (Lipinski definition) is 2. The molecular formula is C29H27F3N4O4. The van der Waals surface area contributed by atoms with Gasteiger partial charge in [-0.3, -0.25) is 14.3 Å². The maximum absolute atomic E-state index is 13.3. The molecule has 0 aliphatic heterocycles. The van der Waals surface area contributed by atoms with Gasteiger partial charge < -0.3 is 19.8 Å². The van der Waals surface area contributed by atoms with Gasteiger partial charge in [0, 0.05) is 23.1 Å². The molecule has 1 fully saturated rings. The number of aromatic amines is 1. The highest BCUT2D eigenvalue weighted by atomic mass is 19.4. The van der Waals surface area contributed by atoms with E-state index < -0.39 is 23.6 Å². The van der Waals surface area contributed by atoms with E-state index in [-0.39, 0.29) is 11.3 Å². The van der Waals surface area contributed by atoms with Crippen molar-refractivity contribution in [2.75, 3.05) is 11.9 Å². The van der Waals surface area contributed by atoms with Crippen LogP contribution in [0.1, 0.15) is 49.0 Å². The Labute approximate surface area is 227 Å². The van der Waals surface area contributed by atoms with Crippen LogP contribution in [0.25, 0.3) is 22.5 Å². The fourth-order valence-corrected chi connectivity index (χ4v) is 4.17. The van der Waals surface area contributed by atoms with Crippen molar-refractivity contribution in [3.8, 4) is 34.0 Å². The van der Waals surface area contributed by atoms with Crippen molar-refractivity contribution >= 4 is 11.6 Å². The van der Waals surface area contributed by atoms with Crippen molar-refractivity contribution < 1.29 is 27.4 Å². The van der Waals surface area contributed by atoms with E-state index in [0.29, 0.717) is 35.3 Å². The maximum atomic E-state index is 13.3. The van der Waals surface area contributed by atoms with Gasteiger partial charge in [0.25, 0.3) is 11.5 Å². The number of ether oxygens (including phenoxy) is 2. The summed E-state index contributed by atoms with van der Waals surface area (Å²) in [6, 6.07) is 15.7. The van der Waals surface area contributed by atoms with Crippen LogP contribution in [0, 0.1) is 0 Å². The summed E-state index contributed by atoms with van der Waals surface area (Å²) in [7, 11) is 0. The van der Waals surface area contributed by atoms with E-state index in [1.54, 1.807) is 12.1 Å². The minimum absolute atomic E-state index is 0.167. The van der Waals surface area contributed by atoms with Gasteiger partial charge in [-0.15, -0.1) is 13.2 Å². The summed E-state index contributed by atoms with van der Waals surface area (Å²) >= 11 is 0. The molecule has 11 heteroatoms. The van der Waals surface area contributed by atoms with Crippen molar-refractivity contribution in [1.82, 2.24) is 14.8 Å². The van der Waals surface area contributed by atoms with Gasteiger partial charge in [0.05, 0.1) is 18.3 Å². The molecule has 1 saturated carbocycles. The number of carbonyl (C=O) groups is 1. The van der Waals surface area contributed by atoms with Crippen molar-refractivity contribution in [3.63, 3.8) is 0 Å². The summed E-state index contributed by atoms with van der Waals surface area (Å²) < 4.78 is 48.8. The number of aromatic nitrogens is 3. The monoisotopic (exact) mass is 552 g/mol. The van der Waals surface area contributed by atoms with E-state index in [1.165, 1.54) is 12.1 Å². The Bertz CT molecular complexity index is 1540. The van der Waals surface area contributed by atoms with Crippen molar-refractivity contribution in [3.05, 3.63) is 82.8 Å². The number of nitrogens with zero attached hydrogens (tertiary/aromatic N) is 2. The molecule has 208 valence electrons. The van der Waals surface area contributed by atoms with Crippen LogP contribution in [0.5, 0.6) is 11.5 Å². The zero-order valence-electron chi connectivity index (χ0n) is 21.6. The van der Waals surface area contributed by atoms with Gasteiger partial charge in [0.2, 0.25) is 0 Å². The molecule has 1 aliphatic carbocycles. The standard InChI is InChI=1S/C29H27F3N4O4/c1-2-3-16-39-21-10-4-18(5-11-21)25-17-23(24-14-15-36(35-24)20-8-9-20)26(28(38)34-25)27(37)33-19-6-12-22(13-7-19)40-29(30,31)32/h4-7,10-15,17,20H,2-3,8-9,16H2,1H3,(H,33,37)(H,34,38). The number of H-pyrrole nitrogens is 1. The fourth-order valence-electron chi connectivity index (χ4n) is 4.17. The van der Waals surface area contributed by atoms with Gasteiger partial charge >= 0.3 is 6.36 Å². The molecule has 2 N–H and O–H groups in total. The van der Waals surface area contributed by atoms with E-state index >= 15 is 0 Å². The third-order valence-electron chi connectivity index (χ3n) is 6.34. The number of nitrogens with one attached hydrogen (secondary N) is 2. The molecule has 0 saturated heterocycles. The Balaban J connectivity index is 1.46. The van der Waals surface area contributed by atoms with Gasteiger partial charge in [-0.2, -0.15) is 5.10 Å². The number of rotatable bonds is 10. The highest BCUT2D eigenvalue weighted by Crippen LogP contribution is 2.35. The summed E-state index contributed by atoms with van der Waals surface area (Å²) in [6.07, 6.45) is 0.973. The zero-order valence-corrected chi connectivity index (χ0v) is 21.6. The fraction of sp³-hybridized carbons (Fsp3) is 0.276. The molecule has 1 amide bonds. The summed E-state index contributed by atoms with van der Waals surface area (Å²) in [5, 5.41) is 7.20. The predicted molar refractivity (Wildman–Crippen MR) is 143 cm³/mol. The molecule has 0 unspecified atom stereocenters. The molecule has 40 heavy (non-hydrogen) atoms. The van der Waals surface area contributed by atoms with E-state index in [9.17, 15) is 22.8 Å². The number of amides is 1. The molecule has 4 aromatic rings. The molecule has 0 spiro atoms. The Morgan fingerprint density at radius 1 is 1.07 bits per heavy atom. The topological polar surface area (TPSA) is 98.2 Å². The average molecular weight is 553 g/mol. The van der Waals surface area contributed by atoms with Gasteiger partial charge in [-0.25, -0.2) is 0 Å². The number of anilines is 1. The lowest BCUT2D eigenvalue weighted by Crippen LogP contribution is -2.25. The van der Waals surface area contributed by atoms with Crippen LogP contribution in [0.15, 0.2) is 71.7 Å². The molecule has 1 aliphatic rings. The second-order valence-electron chi connectivity index (χ2n) is 9.47. The van der Waals surface area contributed by atoms with Crippen LogP contribution in [0.3, 0.4) is 0 Å². The Hall–Kier alpha value is -4.54. The molecule has 2 aromatic heterocycles. The first-order chi connectivity index (χ1) is 19.2. The maximum Gasteiger partial charge on any atom is 0.573 e. The molecule has 0 bridgehead atoms. The third kappa shape index (κ3) is 6.53. The minimum Gasteiger partial charge on any atom is -0.494 e. The summed E-state index contributed by atoms with van der Waals surface area (Å²) in [6.45, 7) is 2.70. The normalized spacial score (nSPS) is 13.2. The van der Waals surface area contributed by atoms with Crippen LogP contribution < -0.4 is 20.3 Å². The number of hydrogen-bond acceptors (Lipinski definition) is 5. The number of carbonyl (C=O) groups excluding carboxylic acids is 1. The molecule has 2 aromatic carbocycles. The second-order valence-corrected chi connectivity index (χ2v) is 9.47. The van der Waals surface area contributed by atoms with E-state index in [0.717, 1.165) is 43.4 Å². The molecule has 8 nitrogen and oxygen atoms in total. The van der Waals surface area contributed by atoms with Crippen LogP contribution in [-0.4, -0.2) is 33.6 Å². The zero-order chi connectivity index (χ0) is 28.3. The summed E-state index contributed by atoms with van der Waals surface area (Å²) in [5.74, 6) is -0.445. The van der Waals surface area contributed by atoms with Crippen molar-refractivity contribution in [2.24, 2.45) is 0 Å². The number of pyridine rings is 1. The first kappa shape index (κ1) is 27.0. The molecule has 0 atom stereocenters. The van der Waals surface area contributed by atoms with E-state index in [2.05, 4.69) is 27.1 Å². The van der Waals surface area contributed by atoms with Gasteiger partial charge in [0.15, 0.2) is 0 Å². The SMILES string of the molecule is CCCCOc1ccc(-c2cc(-c3ccn(C4CC4)n3)c(C(=O)Nc3ccc(OC(F)(F)F)cc3)c(=O)[nH]2)cc1. The quantitative estimate of drug-likeness (QED) is 0.217. The number of halogens is 3. The Morgan fingerprint density at radius 2 is 1.77 bits per heavy atom. The lowest BCUT2D eigenvalue weighted by molar-refractivity contribution is -0.274. The smallest absolute Gasteiger partial charge is 0.494 e. The van der Waals surface area contributed by atoms with Crippen molar-refractivity contribution in [1.29, 1.82) is 0 Å². The van der Waals surface area contributed by atoms with E-state index in [4.69, 9.17) is 4.74 Å². The molecule has 0 radical (unpaired) electrons. The van der Waals surface area contributed by atoms with Gasteiger partial charge in [0.1, 0.15) is 17.1 Å². The first-order valence-corrected chi connectivity index (χ1v) is 12.9.